The third-order valence-electron chi connectivity index (χ3n) is 2.14. The van der Waals surface area contributed by atoms with Gasteiger partial charge in [0.25, 0.3) is 0 Å². The summed E-state index contributed by atoms with van der Waals surface area (Å²) in [7, 11) is 0. The molecule has 2 atom stereocenters. The lowest BCUT2D eigenvalue weighted by Crippen LogP contribution is -2.22. The lowest BCUT2D eigenvalue weighted by molar-refractivity contribution is 0.0149. The Hall–Kier alpha value is -1.19. The highest BCUT2D eigenvalue weighted by Crippen LogP contribution is 2.25. The molecule has 16 heavy (non-hydrogen) atoms. The van der Waals surface area contributed by atoms with Crippen molar-refractivity contribution in [2.24, 2.45) is 5.73 Å². The first-order chi connectivity index (χ1) is 7.60. The van der Waals surface area contributed by atoms with E-state index in [1.165, 1.54) is 12.3 Å². The van der Waals surface area contributed by atoms with Gasteiger partial charge in [0, 0.05) is 11.8 Å². The Kier molecular flexibility index (Phi) is 4.65. The lowest BCUT2D eigenvalue weighted by Gasteiger charge is -2.18. The Balaban J connectivity index is 2.98. The van der Waals surface area contributed by atoms with Gasteiger partial charge in [-0.15, -0.1) is 0 Å². The van der Waals surface area contributed by atoms with Crippen molar-refractivity contribution < 1.29 is 10.2 Å². The minimum absolute atomic E-state index is 0.0718. The van der Waals surface area contributed by atoms with Crippen LogP contribution in [0.4, 0.5) is 0 Å². The molecule has 4 N–H and O–H groups in total. The Morgan fingerprint density at radius 1 is 1.56 bits per heavy atom. The summed E-state index contributed by atoms with van der Waals surface area (Å²) >= 11 is 5.77. The third-order valence-corrected chi connectivity index (χ3v) is 2.46. The maximum absolute atomic E-state index is 9.78. The molecule has 86 valence electrons. The molecule has 0 saturated heterocycles. The summed E-state index contributed by atoms with van der Waals surface area (Å²) in [6.45, 7) is 0.251. The SMILES string of the molecule is N#Cc1cnc(Cl)c(C(O)C(O)CCN)c1. The van der Waals surface area contributed by atoms with Crippen LogP contribution in [-0.2, 0) is 0 Å². The Bertz CT molecular complexity index is 406. The summed E-state index contributed by atoms with van der Waals surface area (Å²) in [4.78, 5) is 3.75. The van der Waals surface area contributed by atoms with Gasteiger partial charge in [0.1, 0.15) is 17.3 Å². The number of aromatic nitrogens is 1. The monoisotopic (exact) mass is 241 g/mol. The average Bonchev–Trinajstić information content (AvgIpc) is 2.29. The third kappa shape index (κ3) is 2.90. The molecule has 5 nitrogen and oxygen atoms in total. The summed E-state index contributed by atoms with van der Waals surface area (Å²) in [6.07, 6.45) is -0.655. The second-order valence-electron chi connectivity index (χ2n) is 3.31. The van der Waals surface area contributed by atoms with Crippen LogP contribution >= 0.6 is 11.6 Å². The molecule has 0 bridgehead atoms. The van der Waals surface area contributed by atoms with Crippen molar-refractivity contribution in [2.45, 2.75) is 18.6 Å². The van der Waals surface area contributed by atoms with Crippen LogP contribution in [-0.4, -0.2) is 27.8 Å². The maximum Gasteiger partial charge on any atom is 0.134 e. The highest BCUT2D eigenvalue weighted by Gasteiger charge is 2.21. The quantitative estimate of drug-likeness (QED) is 0.660. The fourth-order valence-electron chi connectivity index (χ4n) is 1.27. The fraction of sp³-hybridized carbons (Fsp3) is 0.400. The number of nitrogens with two attached hydrogens (primary N) is 1. The van der Waals surface area contributed by atoms with Gasteiger partial charge in [-0.05, 0) is 19.0 Å². The van der Waals surface area contributed by atoms with Gasteiger partial charge in [-0.1, -0.05) is 11.6 Å². The van der Waals surface area contributed by atoms with Gasteiger partial charge in [0.15, 0.2) is 0 Å². The topological polar surface area (TPSA) is 103 Å². The fourth-order valence-corrected chi connectivity index (χ4v) is 1.48. The summed E-state index contributed by atoms with van der Waals surface area (Å²) in [6, 6.07) is 3.28. The second kappa shape index (κ2) is 5.77. The van der Waals surface area contributed by atoms with Crippen LogP contribution < -0.4 is 5.73 Å². The number of halogens is 1. The molecular formula is C10H12ClN3O2. The van der Waals surface area contributed by atoms with E-state index in [-0.39, 0.29) is 29.2 Å². The summed E-state index contributed by atoms with van der Waals surface area (Å²) < 4.78 is 0. The summed E-state index contributed by atoms with van der Waals surface area (Å²) in [5.41, 5.74) is 5.78. The Labute approximate surface area is 98.1 Å². The predicted molar refractivity (Wildman–Crippen MR) is 58.6 cm³/mol. The van der Waals surface area contributed by atoms with Gasteiger partial charge in [-0.25, -0.2) is 4.98 Å². The molecule has 0 aliphatic carbocycles. The van der Waals surface area contributed by atoms with Crippen LogP contribution in [0.5, 0.6) is 0 Å². The van der Waals surface area contributed by atoms with Crippen LogP contribution in [0.1, 0.15) is 23.7 Å². The first-order valence-corrected chi connectivity index (χ1v) is 5.09. The van der Waals surface area contributed by atoms with Crippen molar-refractivity contribution >= 4 is 11.6 Å². The standard InChI is InChI=1S/C10H12ClN3O2/c11-10-7(3-6(4-13)5-14-10)9(16)8(15)1-2-12/h3,5,8-9,15-16H,1-2,12H2. The largest absolute Gasteiger partial charge is 0.390 e. The second-order valence-corrected chi connectivity index (χ2v) is 3.66. The van der Waals surface area contributed by atoms with Crippen molar-refractivity contribution in [1.29, 1.82) is 5.26 Å². The van der Waals surface area contributed by atoms with Crippen molar-refractivity contribution in [3.63, 3.8) is 0 Å². The molecule has 1 aromatic rings. The molecule has 2 unspecified atom stereocenters. The Morgan fingerprint density at radius 3 is 2.81 bits per heavy atom. The summed E-state index contributed by atoms with van der Waals surface area (Å²) in [5.74, 6) is 0. The molecule has 0 spiro atoms. The van der Waals surface area contributed by atoms with Crippen molar-refractivity contribution in [3.05, 3.63) is 28.5 Å². The van der Waals surface area contributed by atoms with E-state index >= 15 is 0 Å². The van der Waals surface area contributed by atoms with Crippen LogP contribution in [0.15, 0.2) is 12.3 Å². The first-order valence-electron chi connectivity index (χ1n) is 4.72. The number of rotatable bonds is 4. The molecule has 1 rings (SSSR count). The number of pyridine rings is 1. The normalized spacial score (nSPS) is 14.2. The number of nitriles is 1. The first kappa shape index (κ1) is 12.9. The van der Waals surface area contributed by atoms with Gasteiger partial charge >= 0.3 is 0 Å². The molecule has 0 aliphatic rings. The molecular weight excluding hydrogens is 230 g/mol. The van der Waals surface area contributed by atoms with Gasteiger partial charge in [-0.3, -0.25) is 0 Å². The minimum atomic E-state index is -1.18. The number of nitrogens with zero attached hydrogens (tertiary/aromatic N) is 2. The highest BCUT2D eigenvalue weighted by atomic mass is 35.5. The van der Waals surface area contributed by atoms with Gasteiger partial charge in [0.05, 0.1) is 11.7 Å². The number of hydrogen-bond acceptors (Lipinski definition) is 5. The van der Waals surface area contributed by atoms with E-state index < -0.39 is 12.2 Å². The molecule has 0 aromatic carbocycles. The van der Waals surface area contributed by atoms with Crippen LogP contribution in [0.3, 0.4) is 0 Å². The lowest BCUT2D eigenvalue weighted by atomic mass is 10.0. The molecule has 0 amide bonds. The molecule has 1 heterocycles. The van der Waals surface area contributed by atoms with Crippen LogP contribution in [0.2, 0.25) is 5.15 Å². The predicted octanol–water partition coefficient (Wildman–Crippen LogP) is 0.350. The van der Waals surface area contributed by atoms with Crippen molar-refractivity contribution in [2.75, 3.05) is 6.54 Å². The zero-order chi connectivity index (χ0) is 12.1. The van der Waals surface area contributed by atoms with Crippen LogP contribution in [0, 0.1) is 11.3 Å². The molecule has 0 radical (unpaired) electrons. The zero-order valence-electron chi connectivity index (χ0n) is 8.47. The molecule has 1 aromatic heterocycles. The number of aliphatic hydroxyl groups is 2. The van der Waals surface area contributed by atoms with E-state index in [4.69, 9.17) is 22.6 Å². The van der Waals surface area contributed by atoms with Crippen molar-refractivity contribution in [3.8, 4) is 6.07 Å². The average molecular weight is 242 g/mol. The molecule has 0 saturated carbocycles. The van der Waals surface area contributed by atoms with E-state index in [0.717, 1.165) is 0 Å². The van der Waals surface area contributed by atoms with E-state index in [0.29, 0.717) is 0 Å². The van der Waals surface area contributed by atoms with E-state index in [9.17, 15) is 10.2 Å². The highest BCUT2D eigenvalue weighted by molar-refractivity contribution is 6.30. The minimum Gasteiger partial charge on any atom is -0.390 e. The van der Waals surface area contributed by atoms with Gasteiger partial charge < -0.3 is 15.9 Å². The Morgan fingerprint density at radius 2 is 2.25 bits per heavy atom. The molecule has 0 fully saturated rings. The van der Waals surface area contributed by atoms with E-state index in [2.05, 4.69) is 4.98 Å². The maximum atomic E-state index is 9.78. The smallest absolute Gasteiger partial charge is 0.134 e. The molecule has 6 heteroatoms. The van der Waals surface area contributed by atoms with Gasteiger partial charge in [0.2, 0.25) is 0 Å². The van der Waals surface area contributed by atoms with Crippen LogP contribution in [0.25, 0.3) is 0 Å². The van der Waals surface area contributed by atoms with Gasteiger partial charge in [-0.2, -0.15) is 5.26 Å². The number of aliphatic hydroxyl groups excluding tert-OH is 2. The van der Waals surface area contributed by atoms with E-state index in [1.54, 1.807) is 0 Å². The van der Waals surface area contributed by atoms with Crippen molar-refractivity contribution in [1.82, 2.24) is 4.98 Å². The zero-order valence-corrected chi connectivity index (χ0v) is 9.22. The summed E-state index contributed by atoms with van der Waals surface area (Å²) in [5, 5.41) is 28.1. The number of hydrogen-bond donors (Lipinski definition) is 3. The van der Waals surface area contributed by atoms with E-state index in [1.807, 2.05) is 6.07 Å². The molecule has 0 aliphatic heterocycles.